The van der Waals surface area contributed by atoms with Crippen LogP contribution >= 0.6 is 0 Å². The Morgan fingerprint density at radius 3 is 2.57 bits per heavy atom. The highest BCUT2D eigenvalue weighted by Crippen LogP contribution is 2.17. The Bertz CT molecular complexity index is 1080. The summed E-state index contributed by atoms with van der Waals surface area (Å²) in [5.41, 5.74) is 0.120. The van der Waals surface area contributed by atoms with Gasteiger partial charge in [-0.05, 0) is 36.4 Å². The molecule has 1 heterocycles. The molecule has 3 aromatic rings. The summed E-state index contributed by atoms with van der Waals surface area (Å²) < 4.78 is 16.8. The van der Waals surface area contributed by atoms with Gasteiger partial charge in [-0.15, -0.1) is 0 Å². The van der Waals surface area contributed by atoms with Gasteiger partial charge in [0.05, 0.1) is 24.1 Å². The molecule has 0 aliphatic rings. The highest BCUT2D eigenvalue weighted by atomic mass is 16.6. The van der Waals surface area contributed by atoms with Crippen LogP contribution in [0, 0.1) is 11.3 Å². The first-order chi connectivity index (χ1) is 13.6. The average Bonchev–Trinajstić information content (AvgIpc) is 2.73. The highest BCUT2D eigenvalue weighted by molar-refractivity contribution is 5.77. The number of ether oxygens (including phenoxy) is 3. The zero-order valence-corrected chi connectivity index (χ0v) is 15.1. The fraction of sp³-hybridized carbons (Fsp3) is 0.200. The molecule has 0 unspecified atom stereocenters. The first-order valence-electron chi connectivity index (χ1n) is 8.40. The lowest BCUT2D eigenvalue weighted by molar-refractivity contribution is -0.147. The lowest BCUT2D eigenvalue weighted by Crippen LogP contribution is -2.26. The lowest BCUT2D eigenvalue weighted by Gasteiger charge is -2.11. The minimum Gasteiger partial charge on any atom is -0.497 e. The summed E-state index contributed by atoms with van der Waals surface area (Å²) in [5.74, 6) is 0.737. The van der Waals surface area contributed by atoms with Crippen LogP contribution in [0.5, 0.6) is 11.5 Å². The third-order valence-corrected chi connectivity index (χ3v) is 3.95. The minimum absolute atomic E-state index is 0.189. The summed E-state index contributed by atoms with van der Waals surface area (Å²) in [7, 11) is 1.56. The third kappa shape index (κ3) is 4.27. The van der Waals surface area contributed by atoms with E-state index >= 15 is 0 Å². The number of benzene rings is 2. The van der Waals surface area contributed by atoms with Gasteiger partial charge in [0.15, 0.2) is 12.4 Å². The molecule has 142 valence electrons. The van der Waals surface area contributed by atoms with Crippen LogP contribution < -0.4 is 15.0 Å². The molecule has 28 heavy (non-hydrogen) atoms. The van der Waals surface area contributed by atoms with Crippen LogP contribution in [-0.4, -0.2) is 29.2 Å². The second-order valence-electron chi connectivity index (χ2n) is 5.72. The van der Waals surface area contributed by atoms with E-state index in [1.807, 2.05) is 6.07 Å². The number of carbonyl (C=O) groups excluding carboxylic acids is 1. The molecule has 0 fully saturated rings. The molecule has 0 aliphatic heterocycles. The third-order valence-electron chi connectivity index (χ3n) is 3.95. The average molecular weight is 379 g/mol. The normalized spacial score (nSPS) is 10.3. The van der Waals surface area contributed by atoms with E-state index in [0.717, 1.165) is 0 Å². The number of hydrogen-bond acceptors (Lipinski definition) is 7. The molecule has 8 nitrogen and oxygen atoms in total. The molecule has 1 aromatic heterocycles. The van der Waals surface area contributed by atoms with Crippen molar-refractivity contribution in [3.8, 4) is 17.6 Å². The Labute approximate surface area is 160 Å². The van der Waals surface area contributed by atoms with Crippen molar-refractivity contribution in [3.63, 3.8) is 0 Å². The Morgan fingerprint density at radius 1 is 1.14 bits per heavy atom. The van der Waals surface area contributed by atoms with Crippen molar-refractivity contribution in [2.75, 3.05) is 13.7 Å². The van der Waals surface area contributed by atoms with Gasteiger partial charge in [-0.25, -0.2) is 9.78 Å². The molecular formula is C20H17N3O5. The Hall–Kier alpha value is -3.86. The van der Waals surface area contributed by atoms with Gasteiger partial charge < -0.3 is 14.2 Å². The molecule has 0 amide bonds. The monoisotopic (exact) mass is 379 g/mol. The van der Waals surface area contributed by atoms with Crippen molar-refractivity contribution in [2.45, 2.75) is 13.2 Å². The van der Waals surface area contributed by atoms with Crippen molar-refractivity contribution in [1.82, 2.24) is 9.55 Å². The van der Waals surface area contributed by atoms with Crippen LogP contribution in [0.4, 0.5) is 0 Å². The van der Waals surface area contributed by atoms with Crippen molar-refractivity contribution < 1.29 is 19.0 Å². The van der Waals surface area contributed by atoms with Crippen LogP contribution in [0.25, 0.3) is 10.9 Å². The van der Waals surface area contributed by atoms with Gasteiger partial charge >= 0.3 is 5.97 Å². The van der Waals surface area contributed by atoms with E-state index in [1.54, 1.807) is 55.6 Å². The maximum Gasteiger partial charge on any atom is 0.344 e. The molecular weight excluding hydrogens is 362 g/mol. The molecule has 2 aromatic carbocycles. The van der Waals surface area contributed by atoms with Gasteiger partial charge in [0.25, 0.3) is 5.56 Å². The Balaban J connectivity index is 1.68. The number of esters is 1. The Morgan fingerprint density at radius 2 is 1.86 bits per heavy atom. The quantitative estimate of drug-likeness (QED) is 0.579. The van der Waals surface area contributed by atoms with E-state index in [1.165, 1.54) is 4.57 Å². The largest absolute Gasteiger partial charge is 0.497 e. The topological polar surface area (TPSA) is 103 Å². The number of rotatable bonds is 7. The van der Waals surface area contributed by atoms with Crippen LogP contribution in [-0.2, 0) is 22.7 Å². The molecule has 0 bridgehead atoms. The molecule has 0 saturated heterocycles. The molecule has 0 radical (unpaired) electrons. The number of methoxy groups -OCH3 is 1. The molecule has 0 atom stereocenters. The van der Waals surface area contributed by atoms with Crippen LogP contribution in [0.3, 0.4) is 0 Å². The lowest BCUT2D eigenvalue weighted by atomic mass is 10.2. The number of para-hydroxylation sites is 1. The van der Waals surface area contributed by atoms with Crippen molar-refractivity contribution >= 4 is 16.9 Å². The van der Waals surface area contributed by atoms with Gasteiger partial charge in [-0.2, -0.15) is 5.26 Å². The molecule has 0 aliphatic carbocycles. The number of nitriles is 1. The molecule has 0 N–H and O–H groups in total. The van der Waals surface area contributed by atoms with E-state index in [0.29, 0.717) is 22.4 Å². The van der Waals surface area contributed by atoms with Crippen molar-refractivity contribution in [1.29, 1.82) is 5.26 Å². The first-order valence-corrected chi connectivity index (χ1v) is 8.40. The second kappa shape index (κ2) is 8.68. The summed E-state index contributed by atoms with van der Waals surface area (Å²) in [6.45, 7) is -0.735. The molecule has 3 rings (SSSR count). The van der Waals surface area contributed by atoms with Gasteiger partial charge in [0.1, 0.15) is 24.7 Å². The maximum absolute atomic E-state index is 12.5. The van der Waals surface area contributed by atoms with Crippen molar-refractivity contribution in [2.24, 2.45) is 0 Å². The predicted molar refractivity (Wildman–Crippen MR) is 99.9 cm³/mol. The Kier molecular flexibility index (Phi) is 5.87. The molecule has 8 heteroatoms. The van der Waals surface area contributed by atoms with Crippen LogP contribution in [0.2, 0.25) is 0 Å². The van der Waals surface area contributed by atoms with E-state index < -0.39 is 5.97 Å². The number of aromatic nitrogens is 2. The first kappa shape index (κ1) is 18.9. The number of nitrogens with zero attached hydrogens (tertiary/aromatic N) is 3. The van der Waals surface area contributed by atoms with Gasteiger partial charge in [-0.1, -0.05) is 12.1 Å². The zero-order valence-electron chi connectivity index (χ0n) is 15.1. The molecule has 0 saturated carbocycles. The van der Waals surface area contributed by atoms with E-state index in [-0.39, 0.29) is 31.1 Å². The standard InChI is InChI=1S/C20H17N3O5/c1-26-14-6-8-15(9-7-14)27-13-19(24)28-12-18-22-17-5-3-2-4-16(17)20(25)23(18)11-10-21/h2-9H,11-13H2,1H3. The van der Waals surface area contributed by atoms with Gasteiger partial charge in [0.2, 0.25) is 0 Å². The SMILES string of the molecule is COc1ccc(OCC(=O)OCc2nc3ccccc3c(=O)n2CC#N)cc1. The number of fused-ring (bicyclic) bond motifs is 1. The van der Waals surface area contributed by atoms with Crippen LogP contribution in [0.15, 0.2) is 53.3 Å². The predicted octanol–water partition coefficient (Wildman–Crippen LogP) is 2.05. The summed E-state index contributed by atoms with van der Waals surface area (Å²) in [4.78, 5) is 28.9. The van der Waals surface area contributed by atoms with Crippen molar-refractivity contribution in [3.05, 3.63) is 64.7 Å². The summed E-state index contributed by atoms with van der Waals surface area (Å²) in [6.07, 6.45) is 0. The highest BCUT2D eigenvalue weighted by Gasteiger charge is 2.13. The second-order valence-corrected chi connectivity index (χ2v) is 5.72. The van der Waals surface area contributed by atoms with Crippen LogP contribution in [0.1, 0.15) is 5.82 Å². The fourth-order valence-electron chi connectivity index (χ4n) is 2.56. The summed E-state index contributed by atoms with van der Waals surface area (Å²) >= 11 is 0. The van der Waals surface area contributed by atoms with E-state index in [4.69, 9.17) is 19.5 Å². The summed E-state index contributed by atoms with van der Waals surface area (Å²) in [6, 6.07) is 15.5. The van der Waals surface area contributed by atoms with Gasteiger partial charge in [0, 0.05) is 0 Å². The van der Waals surface area contributed by atoms with E-state index in [9.17, 15) is 9.59 Å². The smallest absolute Gasteiger partial charge is 0.344 e. The fourth-order valence-corrected chi connectivity index (χ4v) is 2.56. The van der Waals surface area contributed by atoms with E-state index in [2.05, 4.69) is 4.98 Å². The molecule has 0 spiro atoms. The minimum atomic E-state index is -0.623. The number of carbonyl (C=O) groups is 1. The summed E-state index contributed by atoms with van der Waals surface area (Å²) in [5, 5.41) is 9.39. The zero-order chi connectivity index (χ0) is 19.9. The maximum atomic E-state index is 12.5. The number of hydrogen-bond donors (Lipinski definition) is 0. The van der Waals surface area contributed by atoms with Gasteiger partial charge in [-0.3, -0.25) is 9.36 Å².